The van der Waals surface area contributed by atoms with Gasteiger partial charge in [-0.3, -0.25) is 4.79 Å². The first-order valence-corrected chi connectivity index (χ1v) is 6.37. The van der Waals surface area contributed by atoms with Crippen molar-refractivity contribution in [2.45, 2.75) is 37.7 Å². The Balaban J connectivity index is 2.00. The van der Waals surface area contributed by atoms with Crippen molar-refractivity contribution in [1.29, 1.82) is 0 Å². The lowest BCUT2D eigenvalue weighted by molar-refractivity contribution is 0.0462. The number of rotatable bonds is 2. The number of H-pyrrole nitrogens is 1. The minimum absolute atomic E-state index is 0.128. The van der Waals surface area contributed by atoms with E-state index in [1.807, 2.05) is 18.2 Å². The molecule has 0 aliphatic heterocycles. The summed E-state index contributed by atoms with van der Waals surface area (Å²) in [6.45, 7) is 0. The Morgan fingerprint density at radius 1 is 1.28 bits per heavy atom. The zero-order chi connectivity index (χ0) is 12.6. The molecule has 1 aromatic carbocycles. The van der Waals surface area contributed by atoms with Crippen LogP contribution in [-0.4, -0.2) is 20.7 Å². The largest absolute Gasteiger partial charge is 0.389 e. The first-order chi connectivity index (χ1) is 8.66. The van der Waals surface area contributed by atoms with E-state index in [-0.39, 0.29) is 5.56 Å². The fourth-order valence-electron chi connectivity index (χ4n) is 2.74. The molecule has 4 heteroatoms. The maximum Gasteiger partial charge on any atom is 0.258 e. The average molecular weight is 244 g/mol. The van der Waals surface area contributed by atoms with Crippen LogP contribution in [0.4, 0.5) is 0 Å². The molecule has 94 valence electrons. The number of aromatic nitrogens is 2. The number of fused-ring (bicyclic) bond motifs is 1. The van der Waals surface area contributed by atoms with Crippen molar-refractivity contribution in [3.05, 3.63) is 40.4 Å². The van der Waals surface area contributed by atoms with Crippen molar-refractivity contribution in [3.8, 4) is 0 Å². The van der Waals surface area contributed by atoms with Gasteiger partial charge in [-0.15, -0.1) is 0 Å². The second-order valence-corrected chi connectivity index (χ2v) is 5.14. The molecule has 1 aromatic heterocycles. The SMILES string of the molecule is O=c1[nH]c(CC2(O)CCCC2)nc2ccccc12. The third kappa shape index (κ3) is 2.04. The summed E-state index contributed by atoms with van der Waals surface area (Å²) >= 11 is 0. The normalized spacial score (nSPS) is 18.3. The highest BCUT2D eigenvalue weighted by Gasteiger charge is 2.32. The van der Waals surface area contributed by atoms with Crippen LogP contribution in [0.5, 0.6) is 0 Å². The zero-order valence-electron chi connectivity index (χ0n) is 10.1. The van der Waals surface area contributed by atoms with Crippen molar-refractivity contribution in [3.63, 3.8) is 0 Å². The van der Waals surface area contributed by atoms with Crippen molar-refractivity contribution in [1.82, 2.24) is 9.97 Å². The average Bonchev–Trinajstić information content (AvgIpc) is 2.76. The Morgan fingerprint density at radius 2 is 2.00 bits per heavy atom. The molecule has 0 spiro atoms. The number of para-hydroxylation sites is 1. The van der Waals surface area contributed by atoms with Gasteiger partial charge in [-0.25, -0.2) is 4.98 Å². The maximum absolute atomic E-state index is 11.9. The van der Waals surface area contributed by atoms with E-state index in [0.717, 1.165) is 25.7 Å². The number of nitrogens with one attached hydrogen (secondary N) is 1. The molecule has 0 saturated heterocycles. The summed E-state index contributed by atoms with van der Waals surface area (Å²) in [6, 6.07) is 7.27. The third-order valence-electron chi connectivity index (χ3n) is 3.69. The molecule has 1 aliphatic carbocycles. The van der Waals surface area contributed by atoms with Crippen LogP contribution in [-0.2, 0) is 6.42 Å². The van der Waals surface area contributed by atoms with Crippen LogP contribution in [0.25, 0.3) is 10.9 Å². The van der Waals surface area contributed by atoms with Crippen LogP contribution in [0, 0.1) is 0 Å². The minimum atomic E-state index is -0.682. The highest BCUT2D eigenvalue weighted by molar-refractivity contribution is 5.77. The number of benzene rings is 1. The van der Waals surface area contributed by atoms with Crippen LogP contribution in [0.1, 0.15) is 31.5 Å². The molecule has 1 heterocycles. The van der Waals surface area contributed by atoms with Gasteiger partial charge in [-0.05, 0) is 25.0 Å². The Kier molecular flexibility index (Phi) is 2.67. The van der Waals surface area contributed by atoms with Gasteiger partial charge in [-0.2, -0.15) is 0 Å². The predicted octanol–water partition coefficient (Wildman–Crippen LogP) is 1.77. The van der Waals surface area contributed by atoms with Gasteiger partial charge in [-0.1, -0.05) is 25.0 Å². The Bertz CT molecular complexity index is 627. The topological polar surface area (TPSA) is 66.0 Å². The summed E-state index contributed by atoms with van der Waals surface area (Å²) in [5.41, 5.74) is -0.117. The summed E-state index contributed by atoms with van der Waals surface area (Å²) in [4.78, 5) is 19.1. The molecule has 4 nitrogen and oxygen atoms in total. The van der Waals surface area contributed by atoms with E-state index < -0.39 is 5.60 Å². The molecule has 3 rings (SSSR count). The van der Waals surface area contributed by atoms with Gasteiger partial charge in [0.2, 0.25) is 0 Å². The van der Waals surface area contributed by atoms with Gasteiger partial charge >= 0.3 is 0 Å². The molecule has 0 amide bonds. The van der Waals surface area contributed by atoms with Crippen molar-refractivity contribution in [2.75, 3.05) is 0 Å². The molecule has 1 fully saturated rings. The van der Waals surface area contributed by atoms with Gasteiger partial charge in [0.15, 0.2) is 0 Å². The zero-order valence-corrected chi connectivity index (χ0v) is 10.1. The lowest BCUT2D eigenvalue weighted by Gasteiger charge is -2.21. The fourth-order valence-corrected chi connectivity index (χ4v) is 2.74. The van der Waals surface area contributed by atoms with Crippen molar-refractivity contribution >= 4 is 10.9 Å². The first kappa shape index (κ1) is 11.4. The van der Waals surface area contributed by atoms with Crippen molar-refractivity contribution < 1.29 is 5.11 Å². The summed E-state index contributed by atoms with van der Waals surface area (Å²) in [5.74, 6) is 0.586. The van der Waals surface area contributed by atoms with E-state index >= 15 is 0 Å². The van der Waals surface area contributed by atoms with Crippen LogP contribution in [0.15, 0.2) is 29.1 Å². The van der Waals surface area contributed by atoms with Gasteiger partial charge in [0, 0.05) is 6.42 Å². The van der Waals surface area contributed by atoms with E-state index in [0.29, 0.717) is 23.1 Å². The van der Waals surface area contributed by atoms with Gasteiger partial charge in [0.25, 0.3) is 5.56 Å². The summed E-state index contributed by atoms with van der Waals surface area (Å²) in [5, 5.41) is 10.9. The number of nitrogens with zero attached hydrogens (tertiary/aromatic N) is 1. The van der Waals surface area contributed by atoms with E-state index in [9.17, 15) is 9.90 Å². The molecule has 18 heavy (non-hydrogen) atoms. The van der Waals surface area contributed by atoms with Gasteiger partial charge < -0.3 is 10.1 Å². The standard InChI is InChI=1S/C14H16N2O2/c17-13-10-5-1-2-6-11(10)15-12(16-13)9-14(18)7-3-4-8-14/h1-2,5-6,18H,3-4,7-9H2,(H,15,16,17). The minimum Gasteiger partial charge on any atom is -0.389 e. The van der Waals surface area contributed by atoms with Gasteiger partial charge in [0.1, 0.15) is 5.82 Å². The highest BCUT2D eigenvalue weighted by atomic mass is 16.3. The summed E-state index contributed by atoms with van der Waals surface area (Å²) in [7, 11) is 0. The summed E-state index contributed by atoms with van der Waals surface area (Å²) in [6.07, 6.45) is 4.13. The molecule has 0 bridgehead atoms. The van der Waals surface area contributed by atoms with Crippen LogP contribution in [0.2, 0.25) is 0 Å². The van der Waals surface area contributed by atoms with Crippen LogP contribution < -0.4 is 5.56 Å². The third-order valence-corrected chi connectivity index (χ3v) is 3.69. The molecule has 0 atom stereocenters. The molecular formula is C14H16N2O2. The Hall–Kier alpha value is -1.68. The Labute approximate surface area is 105 Å². The summed E-state index contributed by atoms with van der Waals surface area (Å²) < 4.78 is 0. The molecule has 0 radical (unpaired) electrons. The lowest BCUT2D eigenvalue weighted by Crippen LogP contribution is -2.29. The molecule has 2 aromatic rings. The van der Waals surface area contributed by atoms with E-state index in [1.165, 1.54) is 0 Å². The second kappa shape index (κ2) is 4.21. The molecule has 1 aliphatic rings. The number of hydrogen-bond acceptors (Lipinski definition) is 3. The molecule has 1 saturated carbocycles. The van der Waals surface area contributed by atoms with Crippen LogP contribution in [0.3, 0.4) is 0 Å². The van der Waals surface area contributed by atoms with Crippen molar-refractivity contribution in [2.24, 2.45) is 0 Å². The van der Waals surface area contributed by atoms with Crippen LogP contribution >= 0.6 is 0 Å². The predicted molar refractivity (Wildman–Crippen MR) is 69.5 cm³/mol. The quantitative estimate of drug-likeness (QED) is 0.846. The molecular weight excluding hydrogens is 228 g/mol. The van der Waals surface area contributed by atoms with E-state index in [4.69, 9.17) is 0 Å². The van der Waals surface area contributed by atoms with E-state index in [1.54, 1.807) is 6.07 Å². The fraction of sp³-hybridized carbons (Fsp3) is 0.429. The molecule has 0 unspecified atom stereocenters. The second-order valence-electron chi connectivity index (χ2n) is 5.14. The molecule has 2 N–H and O–H groups in total. The number of aliphatic hydroxyl groups is 1. The Morgan fingerprint density at radius 3 is 2.78 bits per heavy atom. The smallest absolute Gasteiger partial charge is 0.258 e. The number of hydrogen-bond donors (Lipinski definition) is 2. The van der Waals surface area contributed by atoms with E-state index in [2.05, 4.69) is 9.97 Å². The monoisotopic (exact) mass is 244 g/mol. The lowest BCUT2D eigenvalue weighted by atomic mass is 9.97. The first-order valence-electron chi connectivity index (χ1n) is 6.37. The number of aromatic amines is 1. The van der Waals surface area contributed by atoms with Gasteiger partial charge in [0.05, 0.1) is 16.5 Å². The highest BCUT2D eigenvalue weighted by Crippen LogP contribution is 2.31. The maximum atomic E-state index is 11.9.